The lowest BCUT2D eigenvalue weighted by Crippen LogP contribution is -2.38. The van der Waals surface area contributed by atoms with Gasteiger partial charge in [-0.05, 0) is 43.4 Å². The number of hydrogen-bond acceptors (Lipinski definition) is 2. The van der Waals surface area contributed by atoms with E-state index in [1.165, 1.54) is 22.4 Å². The fraction of sp³-hybridized carbons (Fsp3) is 0.500. The lowest BCUT2D eigenvalue weighted by molar-refractivity contribution is -0.137. The van der Waals surface area contributed by atoms with Crippen molar-refractivity contribution in [1.82, 2.24) is 0 Å². The van der Waals surface area contributed by atoms with Gasteiger partial charge < -0.3 is 10.0 Å². The van der Waals surface area contributed by atoms with Crippen LogP contribution in [0.25, 0.3) is 0 Å². The number of nitrogens with zero attached hydrogens (tertiary/aromatic N) is 1. The van der Waals surface area contributed by atoms with Gasteiger partial charge in [-0.2, -0.15) is 0 Å². The van der Waals surface area contributed by atoms with Gasteiger partial charge in [-0.15, -0.1) is 0 Å². The smallest absolute Gasteiger partial charge is 0.305 e. The van der Waals surface area contributed by atoms with Gasteiger partial charge >= 0.3 is 5.97 Å². The van der Waals surface area contributed by atoms with E-state index in [1.807, 2.05) is 7.05 Å². The first kappa shape index (κ1) is 12.0. The van der Waals surface area contributed by atoms with E-state index in [2.05, 4.69) is 30.9 Å². The summed E-state index contributed by atoms with van der Waals surface area (Å²) >= 11 is 0. The van der Waals surface area contributed by atoms with Gasteiger partial charge in [0, 0.05) is 18.8 Å². The fourth-order valence-corrected chi connectivity index (χ4v) is 2.79. The van der Waals surface area contributed by atoms with Crippen LogP contribution in [0.1, 0.15) is 29.5 Å². The Morgan fingerprint density at radius 2 is 2.06 bits per heavy atom. The summed E-state index contributed by atoms with van der Waals surface area (Å²) in [6.45, 7) is 4.22. The second-order valence-corrected chi connectivity index (χ2v) is 4.93. The molecule has 0 radical (unpaired) electrons. The molecule has 92 valence electrons. The van der Waals surface area contributed by atoms with Crippen molar-refractivity contribution in [2.24, 2.45) is 0 Å². The molecule has 0 aromatic heterocycles. The second kappa shape index (κ2) is 4.40. The molecule has 17 heavy (non-hydrogen) atoms. The Labute approximate surface area is 102 Å². The first-order chi connectivity index (χ1) is 8.00. The molecule has 0 bridgehead atoms. The lowest BCUT2D eigenvalue weighted by atomic mass is 9.89. The highest BCUT2D eigenvalue weighted by Crippen LogP contribution is 2.35. The van der Waals surface area contributed by atoms with Crippen LogP contribution in [-0.2, 0) is 11.2 Å². The largest absolute Gasteiger partial charge is 0.481 e. The minimum absolute atomic E-state index is 0.125. The quantitative estimate of drug-likeness (QED) is 0.853. The number of carboxylic acid groups (broad SMARTS) is 1. The summed E-state index contributed by atoms with van der Waals surface area (Å²) < 4.78 is 0. The molecule has 3 heteroatoms. The van der Waals surface area contributed by atoms with E-state index in [-0.39, 0.29) is 12.5 Å². The molecular formula is C14H19NO2. The van der Waals surface area contributed by atoms with Gasteiger partial charge in [-0.3, -0.25) is 4.79 Å². The zero-order valence-corrected chi connectivity index (χ0v) is 10.7. The number of benzene rings is 1. The highest BCUT2D eigenvalue weighted by Gasteiger charge is 2.27. The summed E-state index contributed by atoms with van der Waals surface area (Å²) in [5.74, 6) is -0.712. The fourth-order valence-electron chi connectivity index (χ4n) is 2.79. The topological polar surface area (TPSA) is 40.5 Å². The van der Waals surface area contributed by atoms with E-state index >= 15 is 0 Å². The zero-order chi connectivity index (χ0) is 12.6. The van der Waals surface area contributed by atoms with E-state index in [9.17, 15) is 4.79 Å². The number of carboxylic acids is 1. The minimum Gasteiger partial charge on any atom is -0.481 e. The van der Waals surface area contributed by atoms with Crippen LogP contribution in [-0.4, -0.2) is 24.2 Å². The zero-order valence-electron chi connectivity index (χ0n) is 10.7. The van der Waals surface area contributed by atoms with Crippen LogP contribution in [0.3, 0.4) is 0 Å². The van der Waals surface area contributed by atoms with Gasteiger partial charge in [0.25, 0.3) is 0 Å². The van der Waals surface area contributed by atoms with Crippen LogP contribution >= 0.6 is 0 Å². The summed E-state index contributed by atoms with van der Waals surface area (Å²) in [5, 5.41) is 8.93. The first-order valence-corrected chi connectivity index (χ1v) is 6.04. The van der Waals surface area contributed by atoms with E-state index in [4.69, 9.17) is 5.11 Å². The number of aryl methyl sites for hydroxylation is 2. The molecule has 1 atom stereocenters. The molecule has 1 aromatic rings. The summed E-state index contributed by atoms with van der Waals surface area (Å²) in [6, 6.07) is 4.40. The van der Waals surface area contributed by atoms with Gasteiger partial charge in [0.2, 0.25) is 0 Å². The highest BCUT2D eigenvalue weighted by molar-refractivity contribution is 5.70. The maximum Gasteiger partial charge on any atom is 0.305 e. The molecule has 0 saturated heterocycles. The molecule has 1 aliphatic heterocycles. The van der Waals surface area contributed by atoms with Crippen LogP contribution in [0.2, 0.25) is 0 Å². The molecule has 0 saturated carbocycles. The monoisotopic (exact) mass is 233 g/mol. The third kappa shape index (κ3) is 2.14. The average Bonchev–Trinajstić information content (AvgIpc) is 2.26. The molecule has 1 unspecified atom stereocenters. The molecule has 0 spiro atoms. The highest BCUT2D eigenvalue weighted by atomic mass is 16.4. The van der Waals surface area contributed by atoms with Crippen molar-refractivity contribution < 1.29 is 9.90 Å². The van der Waals surface area contributed by atoms with E-state index in [0.29, 0.717) is 0 Å². The number of hydrogen-bond donors (Lipinski definition) is 1. The molecule has 1 heterocycles. The maximum absolute atomic E-state index is 10.9. The summed E-state index contributed by atoms with van der Waals surface area (Å²) in [5.41, 5.74) is 5.17. The van der Waals surface area contributed by atoms with E-state index in [0.717, 1.165) is 12.8 Å². The second-order valence-electron chi connectivity index (χ2n) is 4.93. The van der Waals surface area contributed by atoms with Crippen molar-refractivity contribution in [3.05, 3.63) is 28.8 Å². The van der Waals surface area contributed by atoms with Crippen molar-refractivity contribution in [2.45, 2.75) is 39.2 Å². The third-order valence-electron chi connectivity index (χ3n) is 3.76. The van der Waals surface area contributed by atoms with E-state index in [1.54, 1.807) is 0 Å². The normalized spacial score (nSPS) is 19.0. The van der Waals surface area contributed by atoms with Gasteiger partial charge in [0.15, 0.2) is 0 Å². The van der Waals surface area contributed by atoms with E-state index < -0.39 is 5.97 Å². The SMILES string of the molecule is Cc1ccc(C)c2c1CCC(CC(=O)O)N2C. The van der Waals surface area contributed by atoms with Gasteiger partial charge in [0.05, 0.1) is 6.42 Å². The molecule has 0 fully saturated rings. The Balaban J connectivity index is 2.38. The van der Waals surface area contributed by atoms with Gasteiger partial charge in [-0.1, -0.05) is 12.1 Å². The maximum atomic E-state index is 10.9. The number of aliphatic carboxylic acids is 1. The van der Waals surface area contributed by atoms with Crippen molar-refractivity contribution in [3.63, 3.8) is 0 Å². The minimum atomic E-state index is -0.712. The number of rotatable bonds is 2. The Morgan fingerprint density at radius 3 is 2.71 bits per heavy atom. The number of carbonyl (C=O) groups is 1. The molecule has 1 N–H and O–H groups in total. The average molecular weight is 233 g/mol. The van der Waals surface area contributed by atoms with Crippen LogP contribution < -0.4 is 4.90 Å². The van der Waals surface area contributed by atoms with Crippen molar-refractivity contribution in [2.75, 3.05) is 11.9 Å². The first-order valence-electron chi connectivity index (χ1n) is 6.04. The predicted octanol–water partition coefficient (Wildman–Crippen LogP) is 2.53. The molecule has 0 amide bonds. The van der Waals surface area contributed by atoms with Crippen LogP contribution in [0, 0.1) is 13.8 Å². The molecule has 3 nitrogen and oxygen atoms in total. The Morgan fingerprint density at radius 1 is 1.41 bits per heavy atom. The van der Waals surface area contributed by atoms with Gasteiger partial charge in [-0.25, -0.2) is 0 Å². The molecule has 1 aliphatic rings. The molecule has 1 aromatic carbocycles. The summed E-state index contributed by atoms with van der Waals surface area (Å²) in [6.07, 6.45) is 2.15. The molecular weight excluding hydrogens is 214 g/mol. The van der Waals surface area contributed by atoms with Crippen LogP contribution in [0.5, 0.6) is 0 Å². The summed E-state index contributed by atoms with van der Waals surface area (Å²) in [4.78, 5) is 13.0. The van der Waals surface area contributed by atoms with Crippen LogP contribution in [0.15, 0.2) is 12.1 Å². The summed E-state index contributed by atoms with van der Waals surface area (Å²) in [7, 11) is 2.01. The molecule has 2 rings (SSSR count). The van der Waals surface area contributed by atoms with Crippen molar-refractivity contribution >= 4 is 11.7 Å². The lowest BCUT2D eigenvalue weighted by Gasteiger charge is -2.37. The van der Waals surface area contributed by atoms with Gasteiger partial charge in [0.1, 0.15) is 0 Å². The Bertz CT molecular complexity index is 454. The van der Waals surface area contributed by atoms with Crippen LogP contribution in [0.4, 0.5) is 5.69 Å². The molecule has 0 aliphatic carbocycles. The Kier molecular flexibility index (Phi) is 3.09. The number of anilines is 1. The number of fused-ring (bicyclic) bond motifs is 1. The standard InChI is InChI=1S/C14H19NO2/c1-9-4-5-10(2)14-12(9)7-6-11(15(14)3)8-13(16)17/h4-5,11H,6-8H2,1-3H3,(H,16,17). The predicted molar refractivity (Wildman–Crippen MR) is 68.7 cm³/mol. The van der Waals surface area contributed by atoms with Crippen molar-refractivity contribution in [3.8, 4) is 0 Å². The third-order valence-corrected chi connectivity index (χ3v) is 3.76. The Hall–Kier alpha value is -1.51. The van der Waals surface area contributed by atoms with Crippen molar-refractivity contribution in [1.29, 1.82) is 0 Å².